The fourth-order valence-corrected chi connectivity index (χ4v) is 3.30. The summed E-state index contributed by atoms with van der Waals surface area (Å²) in [6, 6.07) is 17.2. The van der Waals surface area contributed by atoms with E-state index >= 15 is 0 Å². The van der Waals surface area contributed by atoms with Gasteiger partial charge in [-0.1, -0.05) is 30.3 Å². The first-order valence-corrected chi connectivity index (χ1v) is 9.67. The summed E-state index contributed by atoms with van der Waals surface area (Å²) in [4.78, 5) is 14.8. The van der Waals surface area contributed by atoms with Gasteiger partial charge in [0.25, 0.3) is 0 Å². The molecule has 29 heavy (non-hydrogen) atoms. The van der Waals surface area contributed by atoms with Gasteiger partial charge < -0.3 is 10.1 Å². The Morgan fingerprint density at radius 1 is 1.14 bits per heavy atom. The van der Waals surface area contributed by atoms with Crippen molar-refractivity contribution in [3.05, 3.63) is 71.5 Å². The fourth-order valence-electron chi connectivity index (χ4n) is 3.30. The summed E-state index contributed by atoms with van der Waals surface area (Å²) in [5, 5.41) is 7.66. The number of methoxy groups -OCH3 is 1. The molecular weight excluding hydrogens is 364 g/mol. The molecule has 2 aromatic carbocycles. The van der Waals surface area contributed by atoms with Gasteiger partial charge in [-0.3, -0.25) is 9.69 Å². The number of aromatic nitrogens is 2. The highest BCUT2D eigenvalue weighted by atomic mass is 16.5. The molecule has 0 unspecified atom stereocenters. The number of amides is 1. The van der Waals surface area contributed by atoms with Gasteiger partial charge in [-0.15, -0.1) is 0 Å². The van der Waals surface area contributed by atoms with E-state index in [0.717, 1.165) is 22.6 Å². The van der Waals surface area contributed by atoms with Gasteiger partial charge in [0.2, 0.25) is 5.91 Å². The van der Waals surface area contributed by atoms with Crippen molar-refractivity contribution in [3.8, 4) is 11.4 Å². The number of nitrogens with zero attached hydrogens (tertiary/aromatic N) is 3. The van der Waals surface area contributed by atoms with Crippen LogP contribution < -0.4 is 10.1 Å². The molecule has 1 amide bonds. The lowest BCUT2D eigenvalue weighted by Crippen LogP contribution is -2.39. The summed E-state index contributed by atoms with van der Waals surface area (Å²) in [6.45, 7) is 6.60. The number of nitrogens with one attached hydrogen (secondary N) is 1. The third kappa shape index (κ3) is 4.49. The maximum atomic E-state index is 12.8. The maximum Gasteiger partial charge on any atom is 0.241 e. The highest BCUT2D eigenvalue weighted by molar-refractivity contribution is 5.95. The van der Waals surface area contributed by atoms with Crippen LogP contribution in [0.5, 0.6) is 5.75 Å². The normalized spacial score (nSPS) is 12.1. The molecule has 0 aliphatic rings. The average Bonchev–Trinajstić information content (AvgIpc) is 3.02. The second-order valence-corrected chi connectivity index (χ2v) is 7.18. The van der Waals surface area contributed by atoms with E-state index in [1.54, 1.807) is 7.11 Å². The van der Waals surface area contributed by atoms with Crippen LogP contribution in [0.15, 0.2) is 54.6 Å². The van der Waals surface area contributed by atoms with Crippen LogP contribution in [0.1, 0.15) is 23.9 Å². The van der Waals surface area contributed by atoms with Crippen LogP contribution in [-0.4, -0.2) is 40.8 Å². The van der Waals surface area contributed by atoms with Gasteiger partial charge in [0.05, 0.1) is 30.2 Å². The summed E-state index contributed by atoms with van der Waals surface area (Å²) < 4.78 is 7.28. The largest absolute Gasteiger partial charge is 0.495 e. The Morgan fingerprint density at radius 2 is 1.79 bits per heavy atom. The van der Waals surface area contributed by atoms with Crippen LogP contribution in [0, 0.1) is 13.8 Å². The zero-order chi connectivity index (χ0) is 21.0. The zero-order valence-corrected chi connectivity index (χ0v) is 17.6. The summed E-state index contributed by atoms with van der Waals surface area (Å²) >= 11 is 0. The second-order valence-electron chi connectivity index (χ2n) is 7.18. The molecule has 6 nitrogen and oxygen atoms in total. The summed E-state index contributed by atoms with van der Waals surface area (Å²) in [7, 11) is 3.54. The van der Waals surface area contributed by atoms with Gasteiger partial charge in [-0.05, 0) is 52.1 Å². The highest BCUT2D eigenvalue weighted by Gasteiger charge is 2.22. The minimum Gasteiger partial charge on any atom is -0.495 e. The van der Waals surface area contributed by atoms with Crippen molar-refractivity contribution in [2.75, 3.05) is 19.5 Å². The number of hydrogen-bond acceptors (Lipinski definition) is 4. The van der Waals surface area contributed by atoms with Crippen molar-refractivity contribution in [2.24, 2.45) is 0 Å². The van der Waals surface area contributed by atoms with Crippen LogP contribution in [0.3, 0.4) is 0 Å². The van der Waals surface area contributed by atoms with Gasteiger partial charge in [0.1, 0.15) is 5.75 Å². The molecule has 3 rings (SSSR count). The predicted molar refractivity (Wildman–Crippen MR) is 116 cm³/mol. The van der Waals surface area contributed by atoms with Gasteiger partial charge in [-0.25, -0.2) is 4.68 Å². The molecular formula is C23H28N4O2. The molecule has 1 N–H and O–H groups in total. The molecule has 0 saturated carbocycles. The lowest BCUT2D eigenvalue weighted by Gasteiger charge is -2.24. The third-order valence-corrected chi connectivity index (χ3v) is 5.25. The molecule has 0 bridgehead atoms. The number of likely N-dealkylation sites (N-methyl/N-ethyl adjacent to an activating group) is 1. The van der Waals surface area contributed by atoms with Gasteiger partial charge in [0, 0.05) is 17.8 Å². The van der Waals surface area contributed by atoms with Crippen LogP contribution in [-0.2, 0) is 11.3 Å². The summed E-state index contributed by atoms with van der Waals surface area (Å²) in [5.74, 6) is 0.564. The first-order valence-electron chi connectivity index (χ1n) is 9.67. The Bertz CT molecular complexity index is 982. The monoisotopic (exact) mass is 392 g/mol. The van der Waals surface area contributed by atoms with E-state index in [-0.39, 0.29) is 11.9 Å². The Kier molecular flexibility index (Phi) is 6.34. The molecule has 1 heterocycles. The lowest BCUT2D eigenvalue weighted by atomic mass is 10.1. The molecule has 0 spiro atoms. The van der Waals surface area contributed by atoms with Gasteiger partial charge in [-0.2, -0.15) is 5.10 Å². The lowest BCUT2D eigenvalue weighted by molar-refractivity contribution is -0.120. The first kappa shape index (κ1) is 20.6. The van der Waals surface area contributed by atoms with Crippen molar-refractivity contribution in [3.63, 3.8) is 0 Å². The summed E-state index contributed by atoms with van der Waals surface area (Å²) in [6.07, 6.45) is 0. The SMILES string of the molecule is COc1ccccc1NC(=O)[C@@H](C)N(C)Cc1c(C)nn(-c2ccccc2)c1C. The average molecular weight is 393 g/mol. The topological polar surface area (TPSA) is 59.4 Å². The number of para-hydroxylation sites is 3. The molecule has 3 aromatic rings. The molecule has 1 aromatic heterocycles. The van der Waals surface area contributed by atoms with Crippen LogP contribution in [0.2, 0.25) is 0 Å². The van der Waals surface area contributed by atoms with E-state index in [1.165, 1.54) is 0 Å². The minimum atomic E-state index is -0.321. The number of rotatable bonds is 7. The van der Waals surface area contributed by atoms with Crippen molar-refractivity contribution >= 4 is 11.6 Å². The molecule has 6 heteroatoms. The number of anilines is 1. The number of carbonyl (C=O) groups excluding carboxylic acids is 1. The quantitative estimate of drug-likeness (QED) is 0.661. The standard InChI is InChI=1S/C23H28N4O2/c1-16-20(17(2)27(25-16)19-11-7-6-8-12-19)15-26(4)18(3)23(28)24-21-13-9-10-14-22(21)29-5/h6-14,18H,15H2,1-5H3,(H,24,28)/t18-/m1/s1. The van der Waals surface area contributed by atoms with Gasteiger partial charge in [0.15, 0.2) is 0 Å². The molecule has 0 radical (unpaired) electrons. The van der Waals surface area contributed by atoms with Crippen LogP contribution in [0.25, 0.3) is 5.69 Å². The van der Waals surface area contributed by atoms with E-state index in [0.29, 0.717) is 18.0 Å². The smallest absolute Gasteiger partial charge is 0.241 e. The van der Waals surface area contributed by atoms with Crippen molar-refractivity contribution in [1.29, 1.82) is 0 Å². The van der Waals surface area contributed by atoms with E-state index in [1.807, 2.05) is 85.1 Å². The van der Waals surface area contributed by atoms with Crippen LogP contribution in [0.4, 0.5) is 5.69 Å². The molecule has 1 atom stereocenters. The predicted octanol–water partition coefficient (Wildman–Crippen LogP) is 3.96. The number of aryl methyl sites for hydroxylation is 1. The van der Waals surface area contributed by atoms with E-state index in [2.05, 4.69) is 12.2 Å². The van der Waals surface area contributed by atoms with Crippen molar-refractivity contribution < 1.29 is 9.53 Å². The van der Waals surface area contributed by atoms with E-state index < -0.39 is 0 Å². The molecule has 152 valence electrons. The second kappa shape index (κ2) is 8.92. The van der Waals surface area contributed by atoms with E-state index in [9.17, 15) is 4.79 Å². The summed E-state index contributed by atoms with van der Waals surface area (Å²) in [5.41, 5.74) is 4.88. The number of carbonyl (C=O) groups is 1. The fraction of sp³-hybridized carbons (Fsp3) is 0.304. The minimum absolute atomic E-state index is 0.0808. The number of benzene rings is 2. The third-order valence-electron chi connectivity index (χ3n) is 5.25. The Morgan fingerprint density at radius 3 is 2.48 bits per heavy atom. The molecule has 0 aliphatic carbocycles. The molecule has 0 aliphatic heterocycles. The highest BCUT2D eigenvalue weighted by Crippen LogP contribution is 2.24. The van der Waals surface area contributed by atoms with Crippen molar-refractivity contribution in [2.45, 2.75) is 33.4 Å². The van der Waals surface area contributed by atoms with E-state index in [4.69, 9.17) is 9.84 Å². The Balaban J connectivity index is 1.73. The molecule has 0 saturated heterocycles. The zero-order valence-electron chi connectivity index (χ0n) is 17.6. The van der Waals surface area contributed by atoms with Gasteiger partial charge >= 0.3 is 0 Å². The number of ether oxygens (including phenoxy) is 1. The van der Waals surface area contributed by atoms with Crippen molar-refractivity contribution in [1.82, 2.24) is 14.7 Å². The Labute approximate surface area is 172 Å². The maximum absolute atomic E-state index is 12.8. The first-order chi connectivity index (χ1) is 13.9. The molecule has 0 fully saturated rings. The Hall–Kier alpha value is -3.12. The van der Waals surface area contributed by atoms with Crippen LogP contribution >= 0.6 is 0 Å². The number of hydrogen-bond donors (Lipinski definition) is 1.